The first-order valence-electron chi connectivity index (χ1n) is 9.66. The van der Waals surface area contributed by atoms with Gasteiger partial charge in [-0.3, -0.25) is 9.59 Å². The van der Waals surface area contributed by atoms with Gasteiger partial charge in [0.05, 0.1) is 11.8 Å². The highest BCUT2D eigenvalue weighted by atomic mass is 16.2. The van der Waals surface area contributed by atoms with Gasteiger partial charge < -0.3 is 10.2 Å². The first-order chi connectivity index (χ1) is 12.9. The Bertz CT molecular complexity index is 897. The van der Waals surface area contributed by atoms with Gasteiger partial charge in [0.15, 0.2) is 0 Å². The van der Waals surface area contributed by atoms with Gasteiger partial charge in [-0.05, 0) is 41.5 Å². The summed E-state index contributed by atoms with van der Waals surface area (Å²) in [6, 6.07) is 15.9. The zero-order chi connectivity index (χ0) is 19.2. The van der Waals surface area contributed by atoms with Gasteiger partial charge in [0.2, 0.25) is 11.8 Å². The van der Waals surface area contributed by atoms with Gasteiger partial charge in [-0.2, -0.15) is 0 Å². The quantitative estimate of drug-likeness (QED) is 0.892. The van der Waals surface area contributed by atoms with Crippen molar-refractivity contribution in [3.63, 3.8) is 0 Å². The third kappa shape index (κ3) is 3.36. The van der Waals surface area contributed by atoms with E-state index in [1.165, 1.54) is 5.56 Å². The van der Waals surface area contributed by atoms with Gasteiger partial charge in [-0.1, -0.05) is 57.2 Å². The minimum Gasteiger partial charge on any atom is -0.326 e. The summed E-state index contributed by atoms with van der Waals surface area (Å²) in [5.41, 5.74) is 4.12. The standard InChI is InChI=1S/C23H26N2O2/c1-23(2,3)18-9-5-6-10-19(18)24-21(26)16-14-17(16)22(27)25-13-12-15-8-4-7-11-20(15)25/h4-11,16-17H,12-14H2,1-3H3,(H,24,26). The van der Waals surface area contributed by atoms with Crippen LogP contribution in [0.3, 0.4) is 0 Å². The Balaban J connectivity index is 1.44. The summed E-state index contributed by atoms with van der Waals surface area (Å²) in [4.78, 5) is 27.5. The van der Waals surface area contributed by atoms with Gasteiger partial charge in [-0.25, -0.2) is 0 Å². The number of benzene rings is 2. The smallest absolute Gasteiger partial charge is 0.230 e. The maximum atomic E-state index is 12.9. The minimum atomic E-state index is -0.224. The molecular formula is C23H26N2O2. The summed E-state index contributed by atoms with van der Waals surface area (Å²) < 4.78 is 0. The van der Waals surface area contributed by atoms with Crippen molar-refractivity contribution in [1.82, 2.24) is 0 Å². The molecule has 1 fully saturated rings. The lowest BCUT2D eigenvalue weighted by Gasteiger charge is -2.23. The SMILES string of the molecule is CC(C)(C)c1ccccc1NC(=O)C1CC1C(=O)N1CCc2ccccc21. The van der Waals surface area contributed by atoms with Gasteiger partial charge >= 0.3 is 0 Å². The molecule has 4 heteroatoms. The molecule has 2 amide bonds. The lowest BCUT2D eigenvalue weighted by molar-refractivity contribution is -0.123. The Morgan fingerprint density at radius 3 is 2.48 bits per heavy atom. The number of rotatable bonds is 3. The lowest BCUT2D eigenvalue weighted by Crippen LogP contribution is -2.32. The van der Waals surface area contributed by atoms with Crippen LogP contribution in [0.5, 0.6) is 0 Å². The van der Waals surface area contributed by atoms with E-state index >= 15 is 0 Å². The van der Waals surface area contributed by atoms with E-state index in [1.54, 1.807) is 0 Å². The number of nitrogens with zero attached hydrogens (tertiary/aromatic N) is 1. The van der Waals surface area contributed by atoms with E-state index in [1.807, 2.05) is 47.4 Å². The van der Waals surface area contributed by atoms with Crippen LogP contribution in [-0.2, 0) is 21.4 Å². The maximum absolute atomic E-state index is 12.9. The molecule has 0 spiro atoms. The molecule has 1 aliphatic carbocycles. The topological polar surface area (TPSA) is 49.4 Å². The molecule has 27 heavy (non-hydrogen) atoms. The van der Waals surface area contributed by atoms with E-state index in [2.05, 4.69) is 32.2 Å². The lowest BCUT2D eigenvalue weighted by atomic mass is 9.86. The average molecular weight is 362 g/mol. The van der Waals surface area contributed by atoms with E-state index in [0.29, 0.717) is 6.42 Å². The summed E-state index contributed by atoms with van der Waals surface area (Å²) in [5, 5.41) is 3.06. The average Bonchev–Trinajstić information content (AvgIpc) is 3.33. The molecule has 2 aromatic carbocycles. The fourth-order valence-electron chi connectivity index (χ4n) is 4.00. The second kappa shape index (κ2) is 6.52. The molecule has 0 radical (unpaired) electrons. The van der Waals surface area contributed by atoms with Gasteiger partial charge in [0.25, 0.3) is 0 Å². The molecule has 2 aromatic rings. The Morgan fingerprint density at radius 1 is 1.00 bits per heavy atom. The molecule has 0 saturated heterocycles. The van der Waals surface area contributed by atoms with Crippen molar-refractivity contribution >= 4 is 23.2 Å². The van der Waals surface area contributed by atoms with Crippen LogP contribution in [0.1, 0.15) is 38.3 Å². The van der Waals surface area contributed by atoms with E-state index < -0.39 is 0 Å². The first kappa shape index (κ1) is 17.8. The van der Waals surface area contributed by atoms with Crippen molar-refractivity contribution in [2.75, 3.05) is 16.8 Å². The van der Waals surface area contributed by atoms with Crippen molar-refractivity contribution in [2.24, 2.45) is 11.8 Å². The van der Waals surface area contributed by atoms with E-state index in [-0.39, 0.29) is 29.1 Å². The Kier molecular flexibility index (Phi) is 4.29. The largest absolute Gasteiger partial charge is 0.326 e. The van der Waals surface area contributed by atoms with Gasteiger partial charge in [0.1, 0.15) is 0 Å². The molecule has 2 unspecified atom stereocenters. The zero-order valence-electron chi connectivity index (χ0n) is 16.2. The van der Waals surface area contributed by atoms with Crippen LogP contribution >= 0.6 is 0 Å². The van der Waals surface area contributed by atoms with Crippen molar-refractivity contribution < 1.29 is 9.59 Å². The van der Waals surface area contributed by atoms with Crippen LogP contribution < -0.4 is 10.2 Å². The predicted octanol–water partition coefficient (Wildman–Crippen LogP) is 4.15. The Hall–Kier alpha value is -2.62. The van der Waals surface area contributed by atoms with Gasteiger partial charge in [-0.15, -0.1) is 0 Å². The van der Waals surface area contributed by atoms with Crippen molar-refractivity contribution in [3.05, 3.63) is 59.7 Å². The highest BCUT2D eigenvalue weighted by Crippen LogP contribution is 2.43. The number of hydrogen-bond acceptors (Lipinski definition) is 2. The van der Waals surface area contributed by atoms with Crippen LogP contribution in [0.15, 0.2) is 48.5 Å². The maximum Gasteiger partial charge on any atom is 0.230 e. The van der Waals surface area contributed by atoms with E-state index in [4.69, 9.17) is 0 Å². The summed E-state index contributed by atoms with van der Waals surface area (Å²) in [6.07, 6.45) is 1.53. The molecule has 0 bridgehead atoms. The monoisotopic (exact) mass is 362 g/mol. The van der Waals surface area contributed by atoms with Crippen molar-refractivity contribution in [1.29, 1.82) is 0 Å². The molecule has 2 aliphatic rings. The number of carbonyl (C=O) groups is 2. The molecule has 1 N–H and O–H groups in total. The third-order valence-corrected chi connectivity index (χ3v) is 5.59. The number of amides is 2. The summed E-state index contributed by atoms with van der Waals surface area (Å²) >= 11 is 0. The summed E-state index contributed by atoms with van der Waals surface area (Å²) in [7, 11) is 0. The molecule has 4 nitrogen and oxygen atoms in total. The van der Waals surface area contributed by atoms with Crippen molar-refractivity contribution in [2.45, 2.75) is 39.0 Å². The number of carbonyl (C=O) groups excluding carboxylic acids is 2. The van der Waals surface area contributed by atoms with Crippen LogP contribution in [0.4, 0.5) is 11.4 Å². The molecule has 140 valence electrons. The fraction of sp³-hybridized carbons (Fsp3) is 0.391. The molecule has 0 aromatic heterocycles. The third-order valence-electron chi connectivity index (χ3n) is 5.59. The van der Waals surface area contributed by atoms with Gasteiger partial charge in [0, 0.05) is 17.9 Å². The second-order valence-electron chi connectivity index (χ2n) is 8.60. The molecule has 2 atom stereocenters. The number of hydrogen-bond donors (Lipinski definition) is 1. The number of nitrogens with one attached hydrogen (secondary N) is 1. The predicted molar refractivity (Wildman–Crippen MR) is 108 cm³/mol. The Labute approximate surface area is 160 Å². The highest BCUT2D eigenvalue weighted by Gasteiger charge is 2.50. The highest BCUT2D eigenvalue weighted by molar-refractivity contribution is 6.05. The summed E-state index contributed by atoms with van der Waals surface area (Å²) in [6.45, 7) is 7.11. The van der Waals surface area contributed by atoms with Crippen LogP contribution in [-0.4, -0.2) is 18.4 Å². The van der Waals surface area contributed by atoms with E-state index in [9.17, 15) is 9.59 Å². The normalized spacial score (nSPS) is 20.9. The number of anilines is 2. The van der Waals surface area contributed by atoms with Crippen LogP contribution in [0.25, 0.3) is 0 Å². The molecule has 1 saturated carbocycles. The number of fused-ring (bicyclic) bond motifs is 1. The second-order valence-corrected chi connectivity index (χ2v) is 8.60. The molecule has 1 aliphatic heterocycles. The Morgan fingerprint density at radius 2 is 1.70 bits per heavy atom. The first-order valence-corrected chi connectivity index (χ1v) is 9.66. The zero-order valence-corrected chi connectivity index (χ0v) is 16.2. The fourth-order valence-corrected chi connectivity index (χ4v) is 4.00. The summed E-state index contributed by atoms with van der Waals surface area (Å²) in [5.74, 6) is -0.377. The van der Waals surface area contributed by atoms with Crippen LogP contribution in [0, 0.1) is 11.8 Å². The number of para-hydroxylation sites is 2. The minimum absolute atomic E-state index is 0.0440. The van der Waals surface area contributed by atoms with Crippen molar-refractivity contribution in [3.8, 4) is 0 Å². The van der Waals surface area contributed by atoms with Crippen LogP contribution in [0.2, 0.25) is 0 Å². The molecule has 1 heterocycles. The molecule has 4 rings (SSSR count). The molecular weight excluding hydrogens is 336 g/mol. The van der Waals surface area contributed by atoms with E-state index in [0.717, 1.165) is 29.9 Å².